The van der Waals surface area contributed by atoms with Gasteiger partial charge < -0.3 is 10.1 Å². The van der Waals surface area contributed by atoms with E-state index in [0.29, 0.717) is 0 Å². The summed E-state index contributed by atoms with van der Waals surface area (Å²) in [7, 11) is 1.70. The van der Waals surface area contributed by atoms with E-state index in [9.17, 15) is 0 Å². The molecule has 0 saturated carbocycles. The van der Waals surface area contributed by atoms with Crippen molar-refractivity contribution in [1.82, 2.24) is 0 Å². The zero-order valence-corrected chi connectivity index (χ0v) is 11.6. The number of hydrogen-bond donors (Lipinski definition) is 1. The van der Waals surface area contributed by atoms with Crippen LogP contribution in [-0.2, 0) is 0 Å². The minimum atomic E-state index is 0.908. The second-order valence-electron chi connectivity index (χ2n) is 3.70. The van der Waals surface area contributed by atoms with Crippen LogP contribution in [0, 0.1) is 0 Å². The molecule has 0 amide bonds. The normalized spacial score (nSPS) is 12.4. The first-order valence-electron chi connectivity index (χ1n) is 5.19. The van der Waals surface area contributed by atoms with Crippen molar-refractivity contribution in [2.45, 2.75) is 9.79 Å². The zero-order chi connectivity index (χ0) is 11.8. The van der Waals surface area contributed by atoms with Crippen molar-refractivity contribution in [3.63, 3.8) is 0 Å². The average molecular weight is 308 g/mol. The minimum absolute atomic E-state index is 0.908. The SMILES string of the molecule is COc1cccc2c1Sc1cc(Br)ccc1N2. The molecule has 4 heteroatoms. The summed E-state index contributed by atoms with van der Waals surface area (Å²) >= 11 is 5.22. The van der Waals surface area contributed by atoms with Crippen LogP contribution in [0.1, 0.15) is 0 Å². The number of anilines is 2. The van der Waals surface area contributed by atoms with E-state index in [2.05, 4.69) is 39.4 Å². The van der Waals surface area contributed by atoms with E-state index >= 15 is 0 Å². The molecule has 0 aromatic heterocycles. The highest BCUT2D eigenvalue weighted by molar-refractivity contribution is 9.10. The summed E-state index contributed by atoms with van der Waals surface area (Å²) in [5.74, 6) is 0.908. The quantitative estimate of drug-likeness (QED) is 0.706. The Kier molecular flexibility index (Phi) is 2.76. The van der Waals surface area contributed by atoms with Gasteiger partial charge in [-0.05, 0) is 30.3 Å². The van der Waals surface area contributed by atoms with Crippen molar-refractivity contribution in [3.05, 3.63) is 40.9 Å². The number of hydrogen-bond acceptors (Lipinski definition) is 3. The smallest absolute Gasteiger partial charge is 0.134 e. The van der Waals surface area contributed by atoms with Crippen LogP contribution in [-0.4, -0.2) is 7.11 Å². The molecule has 0 aliphatic carbocycles. The van der Waals surface area contributed by atoms with Crippen LogP contribution in [0.4, 0.5) is 11.4 Å². The molecule has 2 nitrogen and oxygen atoms in total. The van der Waals surface area contributed by atoms with Crippen molar-refractivity contribution < 1.29 is 4.74 Å². The van der Waals surface area contributed by atoms with Crippen LogP contribution in [0.2, 0.25) is 0 Å². The van der Waals surface area contributed by atoms with Crippen molar-refractivity contribution in [3.8, 4) is 5.75 Å². The lowest BCUT2D eigenvalue weighted by Gasteiger charge is -2.22. The molecule has 17 heavy (non-hydrogen) atoms. The van der Waals surface area contributed by atoms with Gasteiger partial charge >= 0.3 is 0 Å². The highest BCUT2D eigenvalue weighted by Crippen LogP contribution is 2.48. The number of methoxy groups -OCH3 is 1. The van der Waals surface area contributed by atoms with E-state index in [4.69, 9.17) is 4.74 Å². The van der Waals surface area contributed by atoms with Gasteiger partial charge in [0.15, 0.2) is 0 Å². The van der Waals surface area contributed by atoms with Crippen molar-refractivity contribution in [1.29, 1.82) is 0 Å². The topological polar surface area (TPSA) is 21.3 Å². The fourth-order valence-corrected chi connectivity index (χ4v) is 3.45. The molecule has 0 radical (unpaired) electrons. The first-order valence-corrected chi connectivity index (χ1v) is 6.80. The first-order chi connectivity index (χ1) is 8.28. The molecular formula is C13H10BrNOS. The Morgan fingerprint density at radius 2 is 2.06 bits per heavy atom. The fraction of sp³-hybridized carbons (Fsp3) is 0.0769. The molecule has 0 spiro atoms. The van der Waals surface area contributed by atoms with Gasteiger partial charge in [0.2, 0.25) is 0 Å². The van der Waals surface area contributed by atoms with Gasteiger partial charge in [0.25, 0.3) is 0 Å². The summed E-state index contributed by atoms with van der Waals surface area (Å²) in [5, 5.41) is 3.42. The van der Waals surface area contributed by atoms with E-state index in [1.54, 1.807) is 18.9 Å². The van der Waals surface area contributed by atoms with E-state index in [0.717, 1.165) is 26.5 Å². The van der Waals surface area contributed by atoms with Crippen LogP contribution in [0.5, 0.6) is 5.75 Å². The monoisotopic (exact) mass is 307 g/mol. The summed E-state index contributed by atoms with van der Waals surface area (Å²) in [5.41, 5.74) is 2.24. The molecule has 2 aromatic rings. The zero-order valence-electron chi connectivity index (χ0n) is 9.16. The Hall–Kier alpha value is -1.13. The van der Waals surface area contributed by atoms with Crippen LogP contribution in [0.3, 0.4) is 0 Å². The number of rotatable bonds is 1. The highest BCUT2D eigenvalue weighted by Gasteiger charge is 2.18. The maximum Gasteiger partial charge on any atom is 0.134 e. The van der Waals surface area contributed by atoms with Crippen molar-refractivity contribution in [2.24, 2.45) is 0 Å². The minimum Gasteiger partial charge on any atom is -0.495 e. The maximum absolute atomic E-state index is 5.39. The summed E-state index contributed by atoms with van der Waals surface area (Å²) in [6.07, 6.45) is 0. The van der Waals surface area contributed by atoms with Gasteiger partial charge in [0.1, 0.15) is 5.75 Å². The van der Waals surface area contributed by atoms with Gasteiger partial charge in [-0.25, -0.2) is 0 Å². The van der Waals surface area contributed by atoms with Gasteiger partial charge in [-0.3, -0.25) is 0 Å². The Labute approximate surface area is 113 Å². The molecule has 1 N–H and O–H groups in total. The number of nitrogens with one attached hydrogen (secondary N) is 1. The van der Waals surface area contributed by atoms with Gasteiger partial charge in [-0.15, -0.1) is 0 Å². The lowest BCUT2D eigenvalue weighted by atomic mass is 10.2. The third-order valence-corrected chi connectivity index (χ3v) is 4.30. The lowest BCUT2D eigenvalue weighted by molar-refractivity contribution is 0.405. The Morgan fingerprint density at radius 1 is 1.18 bits per heavy atom. The van der Waals surface area contributed by atoms with Crippen LogP contribution in [0.15, 0.2) is 50.7 Å². The van der Waals surface area contributed by atoms with Crippen LogP contribution in [0.25, 0.3) is 0 Å². The number of ether oxygens (including phenoxy) is 1. The Balaban J connectivity index is 2.11. The Morgan fingerprint density at radius 3 is 2.88 bits per heavy atom. The molecule has 86 valence electrons. The first kappa shape index (κ1) is 11.0. The number of benzene rings is 2. The summed E-state index contributed by atoms with van der Waals surface area (Å²) < 4.78 is 6.47. The predicted molar refractivity (Wildman–Crippen MR) is 74.5 cm³/mol. The van der Waals surface area contributed by atoms with E-state index < -0.39 is 0 Å². The van der Waals surface area contributed by atoms with Gasteiger partial charge in [-0.2, -0.15) is 0 Å². The molecule has 0 fully saturated rings. The second-order valence-corrected chi connectivity index (χ2v) is 5.67. The molecule has 0 bridgehead atoms. The molecule has 0 unspecified atom stereocenters. The summed E-state index contributed by atoms with van der Waals surface area (Å²) in [6.45, 7) is 0. The van der Waals surface area contributed by atoms with Crippen molar-refractivity contribution in [2.75, 3.05) is 12.4 Å². The second kappa shape index (κ2) is 4.27. The predicted octanol–water partition coefficient (Wildman–Crippen LogP) is 4.67. The third-order valence-electron chi connectivity index (χ3n) is 2.62. The van der Waals surface area contributed by atoms with Gasteiger partial charge in [0.05, 0.1) is 23.4 Å². The maximum atomic E-state index is 5.39. The number of fused-ring (bicyclic) bond motifs is 2. The van der Waals surface area contributed by atoms with Crippen molar-refractivity contribution >= 4 is 39.1 Å². The molecule has 1 heterocycles. The number of halogens is 1. The molecular weight excluding hydrogens is 298 g/mol. The van der Waals surface area contributed by atoms with Gasteiger partial charge in [-0.1, -0.05) is 33.8 Å². The molecule has 0 saturated heterocycles. The largest absolute Gasteiger partial charge is 0.495 e. The van der Waals surface area contributed by atoms with E-state index in [1.807, 2.05) is 18.2 Å². The summed E-state index contributed by atoms with van der Waals surface area (Å²) in [4.78, 5) is 2.34. The van der Waals surface area contributed by atoms with E-state index in [-0.39, 0.29) is 0 Å². The van der Waals surface area contributed by atoms with Crippen LogP contribution >= 0.6 is 27.7 Å². The standard InChI is InChI=1S/C13H10BrNOS/c1-16-11-4-2-3-10-13(11)17-12-7-8(14)5-6-9(12)15-10/h2-7,15H,1H3. The third kappa shape index (κ3) is 1.91. The van der Waals surface area contributed by atoms with E-state index in [1.165, 1.54) is 4.90 Å². The van der Waals surface area contributed by atoms with Gasteiger partial charge in [0, 0.05) is 9.37 Å². The van der Waals surface area contributed by atoms with Crippen LogP contribution < -0.4 is 10.1 Å². The summed E-state index contributed by atoms with van der Waals surface area (Å²) in [6, 6.07) is 12.3. The highest BCUT2D eigenvalue weighted by atomic mass is 79.9. The molecule has 3 rings (SSSR count). The molecule has 0 atom stereocenters. The molecule has 1 aliphatic heterocycles. The average Bonchev–Trinajstić information content (AvgIpc) is 2.35. The Bertz CT molecular complexity index is 586. The molecule has 2 aromatic carbocycles. The molecule has 1 aliphatic rings. The fourth-order valence-electron chi connectivity index (χ4n) is 1.82. The lowest BCUT2D eigenvalue weighted by Crippen LogP contribution is -2.01.